The average molecular weight is 417 g/mol. The van der Waals surface area contributed by atoms with Crippen LogP contribution in [0.25, 0.3) is 22.4 Å². The van der Waals surface area contributed by atoms with Crippen LogP contribution in [0.15, 0.2) is 59.1 Å². The fourth-order valence-corrected chi connectivity index (χ4v) is 3.10. The molecule has 8 heteroatoms. The maximum absolute atomic E-state index is 12.8. The zero-order valence-corrected chi connectivity index (χ0v) is 16.9. The van der Waals surface area contributed by atoms with Crippen LogP contribution in [0.2, 0.25) is 0 Å². The summed E-state index contributed by atoms with van der Waals surface area (Å²) < 4.78 is 10.5. The predicted octanol–water partition coefficient (Wildman–Crippen LogP) is 4.01. The molecule has 8 nitrogen and oxygen atoms in total. The molecular weight excluding hydrogens is 398 g/mol. The number of ether oxygens (including phenoxy) is 1. The van der Waals surface area contributed by atoms with E-state index in [2.05, 4.69) is 15.5 Å². The van der Waals surface area contributed by atoms with Crippen molar-refractivity contribution in [3.63, 3.8) is 0 Å². The minimum atomic E-state index is -0.709. The number of aromatic hydroxyl groups is 1. The average Bonchev–Trinajstić information content (AvgIpc) is 3.14. The number of phenols is 1. The lowest BCUT2D eigenvalue weighted by atomic mass is 10.0. The third-order valence-electron chi connectivity index (χ3n) is 4.70. The van der Waals surface area contributed by atoms with Crippen LogP contribution in [0.1, 0.15) is 21.6 Å². The Labute approximate surface area is 177 Å². The summed E-state index contributed by atoms with van der Waals surface area (Å²) in [6.07, 6.45) is 0. The lowest BCUT2D eigenvalue weighted by molar-refractivity contribution is -0.119. The highest BCUT2D eigenvalue weighted by molar-refractivity contribution is 6.05. The Kier molecular flexibility index (Phi) is 5.36. The van der Waals surface area contributed by atoms with Crippen molar-refractivity contribution < 1.29 is 24.0 Å². The molecule has 0 saturated heterocycles. The largest absolute Gasteiger partial charge is 0.506 e. The second kappa shape index (κ2) is 8.27. The number of benzene rings is 2. The van der Waals surface area contributed by atoms with E-state index in [0.29, 0.717) is 16.8 Å². The minimum absolute atomic E-state index is 0.0825. The van der Waals surface area contributed by atoms with Gasteiger partial charge in [0.1, 0.15) is 5.75 Å². The zero-order valence-electron chi connectivity index (χ0n) is 16.9. The number of rotatable bonds is 5. The van der Waals surface area contributed by atoms with Crippen molar-refractivity contribution in [1.29, 1.82) is 0 Å². The first-order valence-corrected chi connectivity index (χ1v) is 9.51. The molecule has 0 aliphatic carbocycles. The number of fused-ring (bicyclic) bond motifs is 1. The Hall–Kier alpha value is -4.20. The number of aryl methyl sites for hydroxylation is 2. The summed E-state index contributed by atoms with van der Waals surface area (Å²) >= 11 is 0. The van der Waals surface area contributed by atoms with Gasteiger partial charge in [-0.2, -0.15) is 0 Å². The first kappa shape index (κ1) is 20.1. The molecule has 2 N–H and O–H groups in total. The molecule has 0 unspecified atom stereocenters. The summed E-state index contributed by atoms with van der Waals surface area (Å²) in [6.45, 7) is 3.14. The maximum Gasteiger partial charge on any atom is 0.339 e. The number of hydrogen-bond acceptors (Lipinski definition) is 7. The maximum atomic E-state index is 12.8. The SMILES string of the molecule is Cc1ccc(-c2cc(C(=O)OCC(=O)Nc3ccccc3O)c3c(C)noc3n2)cc1. The fourth-order valence-electron chi connectivity index (χ4n) is 3.10. The molecular formula is C23H19N3O5. The molecule has 0 radical (unpaired) electrons. The first-order chi connectivity index (χ1) is 14.9. The van der Waals surface area contributed by atoms with Gasteiger partial charge in [0.05, 0.1) is 28.0 Å². The minimum Gasteiger partial charge on any atom is -0.506 e. The lowest BCUT2D eigenvalue weighted by Crippen LogP contribution is -2.21. The van der Waals surface area contributed by atoms with E-state index in [1.165, 1.54) is 12.1 Å². The molecule has 2 aromatic heterocycles. The summed E-state index contributed by atoms with van der Waals surface area (Å²) in [5.41, 5.74) is 3.54. The number of phenolic OH excluding ortho intramolecular Hbond substituents is 1. The highest BCUT2D eigenvalue weighted by Gasteiger charge is 2.21. The Bertz CT molecular complexity index is 1280. The summed E-state index contributed by atoms with van der Waals surface area (Å²) in [7, 11) is 0. The molecule has 156 valence electrons. The van der Waals surface area contributed by atoms with Gasteiger partial charge < -0.3 is 19.7 Å². The smallest absolute Gasteiger partial charge is 0.339 e. The van der Waals surface area contributed by atoms with E-state index in [4.69, 9.17) is 9.26 Å². The van der Waals surface area contributed by atoms with Crippen LogP contribution >= 0.6 is 0 Å². The van der Waals surface area contributed by atoms with Crippen molar-refractivity contribution in [3.8, 4) is 17.0 Å². The Morgan fingerprint density at radius 2 is 1.84 bits per heavy atom. The quantitative estimate of drug-likeness (QED) is 0.372. The number of para-hydroxylation sites is 2. The number of aromatic nitrogens is 2. The molecule has 2 heterocycles. The van der Waals surface area contributed by atoms with Gasteiger partial charge in [-0.15, -0.1) is 0 Å². The zero-order chi connectivity index (χ0) is 22.0. The van der Waals surface area contributed by atoms with Crippen molar-refractivity contribution in [2.24, 2.45) is 0 Å². The molecule has 1 amide bonds. The molecule has 4 aromatic rings. The summed E-state index contributed by atoms with van der Waals surface area (Å²) in [4.78, 5) is 29.4. The third kappa shape index (κ3) is 4.23. The van der Waals surface area contributed by atoms with Crippen LogP contribution in [-0.4, -0.2) is 33.7 Å². The number of hydrogen-bond donors (Lipinski definition) is 2. The van der Waals surface area contributed by atoms with Crippen molar-refractivity contribution in [2.45, 2.75) is 13.8 Å². The molecule has 0 aliphatic rings. The Balaban J connectivity index is 1.58. The molecule has 0 spiro atoms. The molecule has 0 saturated carbocycles. The van der Waals surface area contributed by atoms with Gasteiger partial charge >= 0.3 is 5.97 Å². The van der Waals surface area contributed by atoms with E-state index >= 15 is 0 Å². The molecule has 2 aromatic carbocycles. The van der Waals surface area contributed by atoms with Crippen LogP contribution in [0.3, 0.4) is 0 Å². The normalized spacial score (nSPS) is 10.8. The molecule has 0 atom stereocenters. The van der Waals surface area contributed by atoms with Gasteiger partial charge in [0.25, 0.3) is 11.6 Å². The Morgan fingerprint density at radius 3 is 2.58 bits per heavy atom. The van der Waals surface area contributed by atoms with E-state index in [-0.39, 0.29) is 22.7 Å². The number of anilines is 1. The van der Waals surface area contributed by atoms with E-state index < -0.39 is 18.5 Å². The summed E-state index contributed by atoms with van der Waals surface area (Å²) in [5.74, 6) is -1.37. The Morgan fingerprint density at radius 1 is 1.10 bits per heavy atom. The molecule has 0 fully saturated rings. The van der Waals surface area contributed by atoms with Gasteiger partial charge in [0, 0.05) is 5.56 Å². The van der Waals surface area contributed by atoms with Crippen LogP contribution < -0.4 is 5.32 Å². The van der Waals surface area contributed by atoms with E-state index in [0.717, 1.165) is 11.1 Å². The molecule has 0 bridgehead atoms. The van der Waals surface area contributed by atoms with Gasteiger partial charge in [-0.3, -0.25) is 4.79 Å². The van der Waals surface area contributed by atoms with Gasteiger partial charge in [0.2, 0.25) is 0 Å². The number of esters is 1. The number of nitrogens with zero attached hydrogens (tertiary/aromatic N) is 2. The van der Waals surface area contributed by atoms with Crippen LogP contribution in [-0.2, 0) is 9.53 Å². The topological polar surface area (TPSA) is 115 Å². The van der Waals surface area contributed by atoms with Gasteiger partial charge in [0.15, 0.2) is 6.61 Å². The van der Waals surface area contributed by atoms with Gasteiger partial charge in [-0.05, 0) is 32.0 Å². The van der Waals surface area contributed by atoms with Gasteiger partial charge in [-0.1, -0.05) is 47.1 Å². The van der Waals surface area contributed by atoms with Crippen molar-refractivity contribution in [3.05, 3.63) is 71.4 Å². The third-order valence-corrected chi connectivity index (χ3v) is 4.70. The highest BCUT2D eigenvalue weighted by Crippen LogP contribution is 2.28. The fraction of sp³-hybridized carbons (Fsp3) is 0.130. The van der Waals surface area contributed by atoms with Crippen LogP contribution in [0, 0.1) is 13.8 Å². The number of carbonyl (C=O) groups excluding carboxylic acids is 2. The molecule has 0 aliphatic heterocycles. The van der Waals surface area contributed by atoms with E-state index in [9.17, 15) is 14.7 Å². The van der Waals surface area contributed by atoms with Crippen molar-refractivity contribution in [1.82, 2.24) is 10.1 Å². The molecule has 4 rings (SSSR count). The van der Waals surface area contributed by atoms with Crippen molar-refractivity contribution in [2.75, 3.05) is 11.9 Å². The second-order valence-electron chi connectivity index (χ2n) is 7.01. The number of nitrogens with one attached hydrogen (secondary N) is 1. The monoisotopic (exact) mass is 417 g/mol. The van der Waals surface area contributed by atoms with E-state index in [1.807, 2.05) is 31.2 Å². The number of pyridine rings is 1. The standard InChI is InChI=1S/C23H19N3O5/c1-13-7-9-15(10-8-13)18-11-16(21-14(2)26-31-22(21)25-18)23(29)30-12-20(28)24-17-5-3-4-6-19(17)27/h3-11,27H,12H2,1-2H3,(H,24,28). The van der Waals surface area contributed by atoms with Gasteiger partial charge in [-0.25, -0.2) is 9.78 Å². The van der Waals surface area contributed by atoms with Crippen LogP contribution in [0.5, 0.6) is 5.75 Å². The highest BCUT2D eigenvalue weighted by atomic mass is 16.5. The van der Waals surface area contributed by atoms with Crippen molar-refractivity contribution >= 4 is 28.7 Å². The first-order valence-electron chi connectivity index (χ1n) is 9.51. The number of amides is 1. The summed E-state index contributed by atoms with van der Waals surface area (Å²) in [6, 6.07) is 15.5. The lowest BCUT2D eigenvalue weighted by Gasteiger charge is -2.09. The van der Waals surface area contributed by atoms with E-state index in [1.54, 1.807) is 25.1 Å². The predicted molar refractivity (Wildman–Crippen MR) is 114 cm³/mol. The summed E-state index contributed by atoms with van der Waals surface area (Å²) in [5, 5.41) is 16.6. The molecule has 31 heavy (non-hydrogen) atoms. The second-order valence-corrected chi connectivity index (χ2v) is 7.01. The van der Waals surface area contributed by atoms with Crippen LogP contribution in [0.4, 0.5) is 5.69 Å². The number of carbonyl (C=O) groups is 2.